The Kier molecular flexibility index (Phi) is 2.89. The standard InChI is InChI=1S/C11H15N2O/c1-14-11-4-2-3-10(9-11)13-7-5-12-6-8-13/h2-5,9,12H,6-8H2,1H3. The maximum absolute atomic E-state index is 5.19. The highest BCUT2D eigenvalue weighted by atomic mass is 16.5. The van der Waals surface area contributed by atoms with Gasteiger partial charge in [0.15, 0.2) is 0 Å². The van der Waals surface area contributed by atoms with Crippen LogP contribution in [0.5, 0.6) is 5.75 Å². The van der Waals surface area contributed by atoms with Gasteiger partial charge in [-0.25, -0.2) is 0 Å². The average molecular weight is 191 g/mol. The summed E-state index contributed by atoms with van der Waals surface area (Å²) in [6.45, 7) is 5.09. The van der Waals surface area contributed by atoms with Gasteiger partial charge in [-0.15, -0.1) is 0 Å². The SMILES string of the molecule is COc1cccc(N2C[CH]NCC2)c1. The van der Waals surface area contributed by atoms with Crippen molar-refractivity contribution >= 4 is 5.69 Å². The lowest BCUT2D eigenvalue weighted by Crippen LogP contribution is -2.40. The molecule has 2 rings (SSSR count). The Morgan fingerprint density at radius 2 is 2.36 bits per heavy atom. The zero-order valence-corrected chi connectivity index (χ0v) is 8.36. The summed E-state index contributed by atoms with van der Waals surface area (Å²) in [4.78, 5) is 2.32. The van der Waals surface area contributed by atoms with E-state index in [2.05, 4.69) is 28.9 Å². The molecule has 1 aromatic carbocycles. The quantitative estimate of drug-likeness (QED) is 0.761. The summed E-state index contributed by atoms with van der Waals surface area (Å²) in [6, 6.07) is 8.17. The van der Waals surface area contributed by atoms with E-state index in [1.165, 1.54) is 5.69 Å². The molecular weight excluding hydrogens is 176 g/mol. The van der Waals surface area contributed by atoms with Gasteiger partial charge in [-0.2, -0.15) is 0 Å². The first-order valence-corrected chi connectivity index (χ1v) is 4.84. The van der Waals surface area contributed by atoms with E-state index in [0.717, 1.165) is 25.4 Å². The third kappa shape index (κ3) is 1.99. The minimum absolute atomic E-state index is 0.918. The maximum atomic E-state index is 5.19. The molecule has 0 saturated carbocycles. The Bertz CT molecular complexity index is 295. The monoisotopic (exact) mass is 191 g/mol. The second-order valence-electron chi connectivity index (χ2n) is 3.31. The lowest BCUT2D eigenvalue weighted by Gasteiger charge is -2.29. The third-order valence-corrected chi connectivity index (χ3v) is 2.40. The summed E-state index contributed by atoms with van der Waals surface area (Å²) in [7, 11) is 1.70. The molecule has 1 radical (unpaired) electrons. The minimum Gasteiger partial charge on any atom is -0.497 e. The van der Waals surface area contributed by atoms with E-state index in [-0.39, 0.29) is 0 Å². The van der Waals surface area contributed by atoms with Crippen LogP contribution in [0.25, 0.3) is 0 Å². The summed E-state index contributed by atoms with van der Waals surface area (Å²) >= 11 is 0. The average Bonchev–Trinajstić information content (AvgIpc) is 2.30. The highest BCUT2D eigenvalue weighted by molar-refractivity contribution is 5.51. The first-order chi connectivity index (χ1) is 6.90. The largest absolute Gasteiger partial charge is 0.497 e. The maximum Gasteiger partial charge on any atom is 0.120 e. The van der Waals surface area contributed by atoms with Crippen LogP contribution in [0.3, 0.4) is 0 Å². The van der Waals surface area contributed by atoms with E-state index in [9.17, 15) is 0 Å². The van der Waals surface area contributed by atoms with Crippen molar-refractivity contribution in [1.29, 1.82) is 0 Å². The molecular formula is C11H15N2O. The Labute approximate surface area is 84.7 Å². The molecule has 1 aliphatic rings. The Morgan fingerprint density at radius 1 is 1.43 bits per heavy atom. The lowest BCUT2D eigenvalue weighted by atomic mass is 10.2. The fourth-order valence-corrected chi connectivity index (χ4v) is 1.61. The number of hydrogen-bond donors (Lipinski definition) is 1. The van der Waals surface area contributed by atoms with Crippen molar-refractivity contribution in [3.63, 3.8) is 0 Å². The molecule has 0 spiro atoms. The van der Waals surface area contributed by atoms with Crippen LogP contribution in [-0.4, -0.2) is 26.7 Å². The number of methoxy groups -OCH3 is 1. The zero-order chi connectivity index (χ0) is 9.80. The van der Waals surface area contributed by atoms with Crippen molar-refractivity contribution in [3.05, 3.63) is 30.8 Å². The van der Waals surface area contributed by atoms with Crippen LogP contribution in [0.2, 0.25) is 0 Å². The fraction of sp³-hybridized carbons (Fsp3) is 0.364. The predicted molar refractivity (Wildman–Crippen MR) is 57.5 cm³/mol. The van der Waals surface area contributed by atoms with Crippen LogP contribution >= 0.6 is 0 Å². The molecule has 0 aliphatic carbocycles. The van der Waals surface area contributed by atoms with E-state index >= 15 is 0 Å². The number of rotatable bonds is 2. The molecule has 3 nitrogen and oxygen atoms in total. The molecule has 1 fully saturated rings. The number of nitrogens with zero attached hydrogens (tertiary/aromatic N) is 1. The molecule has 1 saturated heterocycles. The molecule has 14 heavy (non-hydrogen) atoms. The lowest BCUT2D eigenvalue weighted by molar-refractivity contribution is 0.414. The fourth-order valence-electron chi connectivity index (χ4n) is 1.61. The molecule has 1 aromatic rings. The minimum atomic E-state index is 0.918. The highest BCUT2D eigenvalue weighted by Gasteiger charge is 2.10. The smallest absolute Gasteiger partial charge is 0.120 e. The molecule has 1 heterocycles. The molecule has 0 amide bonds. The van der Waals surface area contributed by atoms with Crippen molar-refractivity contribution in [2.45, 2.75) is 0 Å². The molecule has 75 valence electrons. The van der Waals surface area contributed by atoms with E-state index in [1.807, 2.05) is 12.1 Å². The number of benzene rings is 1. The van der Waals surface area contributed by atoms with E-state index in [4.69, 9.17) is 4.74 Å². The zero-order valence-electron chi connectivity index (χ0n) is 8.36. The summed E-state index contributed by atoms with van der Waals surface area (Å²) in [5.74, 6) is 0.918. The van der Waals surface area contributed by atoms with E-state index in [1.54, 1.807) is 7.11 Å². The number of anilines is 1. The number of hydrogen-bond acceptors (Lipinski definition) is 3. The summed E-state index contributed by atoms with van der Waals surface area (Å²) in [6.07, 6.45) is 0. The van der Waals surface area contributed by atoms with E-state index < -0.39 is 0 Å². The number of ether oxygens (including phenoxy) is 1. The predicted octanol–water partition coefficient (Wildman–Crippen LogP) is 1.27. The van der Waals surface area contributed by atoms with Gasteiger partial charge in [-0.05, 0) is 12.1 Å². The molecule has 0 bridgehead atoms. The number of piperazine rings is 1. The Balaban J connectivity index is 2.13. The normalized spacial score (nSPS) is 16.8. The first kappa shape index (κ1) is 9.34. The molecule has 1 aliphatic heterocycles. The molecule has 0 aromatic heterocycles. The molecule has 3 heteroatoms. The van der Waals surface area contributed by atoms with Gasteiger partial charge in [0.25, 0.3) is 0 Å². The van der Waals surface area contributed by atoms with Crippen LogP contribution in [0.15, 0.2) is 24.3 Å². The first-order valence-electron chi connectivity index (χ1n) is 4.84. The Morgan fingerprint density at radius 3 is 3.07 bits per heavy atom. The van der Waals surface area contributed by atoms with Crippen molar-refractivity contribution in [1.82, 2.24) is 5.32 Å². The Hall–Kier alpha value is -1.22. The van der Waals surface area contributed by atoms with E-state index in [0.29, 0.717) is 0 Å². The summed E-state index contributed by atoms with van der Waals surface area (Å²) in [5, 5.41) is 3.22. The van der Waals surface area contributed by atoms with Gasteiger partial charge in [-0.3, -0.25) is 0 Å². The van der Waals surface area contributed by atoms with Gasteiger partial charge in [0.2, 0.25) is 0 Å². The molecule has 1 N–H and O–H groups in total. The van der Waals surface area contributed by atoms with Gasteiger partial charge in [0.1, 0.15) is 5.75 Å². The second kappa shape index (κ2) is 4.33. The van der Waals surface area contributed by atoms with Gasteiger partial charge < -0.3 is 15.0 Å². The number of nitrogens with one attached hydrogen (secondary N) is 1. The van der Waals surface area contributed by atoms with Crippen LogP contribution in [0, 0.1) is 6.54 Å². The van der Waals surface area contributed by atoms with Gasteiger partial charge in [0, 0.05) is 37.9 Å². The van der Waals surface area contributed by atoms with Crippen molar-refractivity contribution in [2.24, 2.45) is 0 Å². The summed E-state index contributed by atoms with van der Waals surface area (Å²) < 4.78 is 5.19. The third-order valence-electron chi connectivity index (χ3n) is 2.40. The second-order valence-corrected chi connectivity index (χ2v) is 3.31. The van der Waals surface area contributed by atoms with Gasteiger partial charge in [-0.1, -0.05) is 6.07 Å². The van der Waals surface area contributed by atoms with Gasteiger partial charge >= 0.3 is 0 Å². The van der Waals surface area contributed by atoms with Crippen LogP contribution in [-0.2, 0) is 0 Å². The summed E-state index contributed by atoms with van der Waals surface area (Å²) in [5.41, 5.74) is 1.22. The van der Waals surface area contributed by atoms with Crippen molar-refractivity contribution < 1.29 is 4.74 Å². The van der Waals surface area contributed by atoms with Crippen molar-refractivity contribution in [2.75, 3.05) is 31.6 Å². The van der Waals surface area contributed by atoms with Crippen LogP contribution in [0.4, 0.5) is 5.69 Å². The highest BCUT2D eigenvalue weighted by Crippen LogP contribution is 2.21. The van der Waals surface area contributed by atoms with Crippen LogP contribution in [0.1, 0.15) is 0 Å². The molecule has 0 unspecified atom stereocenters. The van der Waals surface area contributed by atoms with Crippen molar-refractivity contribution in [3.8, 4) is 5.75 Å². The molecule has 0 atom stereocenters. The van der Waals surface area contributed by atoms with Gasteiger partial charge in [0.05, 0.1) is 7.11 Å². The topological polar surface area (TPSA) is 24.5 Å². The van der Waals surface area contributed by atoms with Crippen LogP contribution < -0.4 is 15.0 Å².